The molecule has 0 aromatic heterocycles. The lowest BCUT2D eigenvalue weighted by atomic mass is 9.84. The van der Waals surface area contributed by atoms with E-state index in [1.54, 1.807) is 6.92 Å². The maximum absolute atomic E-state index is 11.5. The van der Waals surface area contributed by atoms with Gasteiger partial charge in [0.25, 0.3) is 0 Å². The van der Waals surface area contributed by atoms with Crippen molar-refractivity contribution in [2.24, 2.45) is 17.3 Å². The molecule has 4 heteroatoms. The Balaban J connectivity index is 4.03. The van der Waals surface area contributed by atoms with E-state index in [2.05, 4.69) is 33.0 Å². The largest absolute Gasteiger partial charge is 0.481 e. The fourth-order valence-corrected chi connectivity index (χ4v) is 1.95. The van der Waals surface area contributed by atoms with Crippen molar-refractivity contribution < 1.29 is 14.7 Å². The second-order valence-electron chi connectivity index (χ2n) is 5.98. The number of carbonyl (C=O) groups is 2. The molecule has 17 heavy (non-hydrogen) atoms. The molecule has 1 atom stereocenters. The first-order valence-corrected chi connectivity index (χ1v) is 6.13. The fraction of sp³-hybridized carbons (Fsp3) is 0.846. The van der Waals surface area contributed by atoms with Crippen molar-refractivity contribution >= 4 is 11.9 Å². The molecule has 0 aliphatic heterocycles. The van der Waals surface area contributed by atoms with Gasteiger partial charge in [-0.15, -0.1) is 0 Å². The molecule has 0 bridgehead atoms. The Bertz CT molecular complexity index is 272. The average molecular weight is 243 g/mol. The van der Waals surface area contributed by atoms with E-state index in [1.165, 1.54) is 0 Å². The van der Waals surface area contributed by atoms with E-state index < -0.39 is 11.9 Å². The molecule has 4 nitrogen and oxygen atoms in total. The lowest BCUT2D eigenvalue weighted by molar-refractivity contribution is -0.143. The van der Waals surface area contributed by atoms with Crippen LogP contribution in [0.2, 0.25) is 0 Å². The average Bonchev–Trinajstić information content (AvgIpc) is 2.12. The van der Waals surface area contributed by atoms with Crippen LogP contribution in [0.25, 0.3) is 0 Å². The van der Waals surface area contributed by atoms with Crippen LogP contribution >= 0.6 is 0 Å². The van der Waals surface area contributed by atoms with Gasteiger partial charge in [0.1, 0.15) is 0 Å². The lowest BCUT2D eigenvalue weighted by Gasteiger charge is -2.27. The van der Waals surface area contributed by atoms with Crippen molar-refractivity contribution in [3.8, 4) is 0 Å². The smallest absolute Gasteiger partial charge is 0.306 e. The molecule has 100 valence electrons. The van der Waals surface area contributed by atoms with Crippen LogP contribution in [0.5, 0.6) is 0 Å². The van der Waals surface area contributed by atoms with Crippen molar-refractivity contribution in [3.63, 3.8) is 0 Å². The Morgan fingerprint density at radius 1 is 1.24 bits per heavy atom. The van der Waals surface area contributed by atoms with Crippen LogP contribution in [0.3, 0.4) is 0 Å². The Labute approximate surface area is 104 Å². The molecule has 0 aliphatic rings. The van der Waals surface area contributed by atoms with Crippen molar-refractivity contribution in [3.05, 3.63) is 0 Å². The second kappa shape index (κ2) is 6.62. The summed E-state index contributed by atoms with van der Waals surface area (Å²) >= 11 is 0. The van der Waals surface area contributed by atoms with Gasteiger partial charge in [0.15, 0.2) is 0 Å². The third kappa shape index (κ3) is 7.77. The van der Waals surface area contributed by atoms with E-state index in [9.17, 15) is 9.59 Å². The highest BCUT2D eigenvalue weighted by molar-refractivity contribution is 5.81. The topological polar surface area (TPSA) is 66.4 Å². The van der Waals surface area contributed by atoms with Gasteiger partial charge in [0, 0.05) is 13.0 Å². The predicted octanol–water partition coefficient (Wildman–Crippen LogP) is 2.29. The number of carboxylic acid groups (broad SMARTS) is 1. The van der Waals surface area contributed by atoms with Gasteiger partial charge in [-0.1, -0.05) is 34.6 Å². The summed E-state index contributed by atoms with van der Waals surface area (Å²) in [5.41, 5.74) is 0.0519. The van der Waals surface area contributed by atoms with Crippen molar-refractivity contribution in [1.82, 2.24) is 5.32 Å². The molecule has 0 aliphatic carbocycles. The van der Waals surface area contributed by atoms with Gasteiger partial charge in [-0.25, -0.2) is 0 Å². The van der Waals surface area contributed by atoms with Crippen LogP contribution in [0.4, 0.5) is 0 Å². The van der Waals surface area contributed by atoms with Crippen LogP contribution in [0, 0.1) is 17.3 Å². The molecular formula is C13H25NO3. The fourth-order valence-electron chi connectivity index (χ4n) is 1.95. The molecule has 0 saturated carbocycles. The summed E-state index contributed by atoms with van der Waals surface area (Å²) in [5, 5.41) is 11.5. The Morgan fingerprint density at radius 3 is 2.18 bits per heavy atom. The molecule has 1 unspecified atom stereocenters. The van der Waals surface area contributed by atoms with Gasteiger partial charge in [-0.3, -0.25) is 9.59 Å². The summed E-state index contributed by atoms with van der Waals surface area (Å²) in [6.45, 7) is 10.6. The number of amides is 1. The minimum absolute atomic E-state index is 0.0487. The molecule has 1 amide bonds. The highest BCUT2D eigenvalue weighted by Crippen LogP contribution is 2.24. The molecule has 0 spiro atoms. The quantitative estimate of drug-likeness (QED) is 0.721. The van der Waals surface area contributed by atoms with Crippen molar-refractivity contribution in [2.45, 2.75) is 47.5 Å². The van der Waals surface area contributed by atoms with Gasteiger partial charge < -0.3 is 10.4 Å². The SMILES string of the molecule is CC(C)CC(C)(C)CNC(=O)CC(C)C(=O)O. The standard InChI is InChI=1S/C13H25NO3/c1-9(2)7-13(4,5)8-14-11(15)6-10(3)12(16)17/h9-10H,6-8H2,1-5H3,(H,14,15)(H,16,17). The van der Waals surface area contributed by atoms with Gasteiger partial charge >= 0.3 is 5.97 Å². The summed E-state index contributed by atoms with van der Waals surface area (Å²) in [7, 11) is 0. The second-order valence-corrected chi connectivity index (χ2v) is 5.98. The highest BCUT2D eigenvalue weighted by atomic mass is 16.4. The minimum Gasteiger partial charge on any atom is -0.481 e. The number of hydrogen-bond acceptors (Lipinski definition) is 2. The first kappa shape index (κ1) is 15.9. The zero-order valence-electron chi connectivity index (χ0n) is 11.5. The van der Waals surface area contributed by atoms with Crippen molar-refractivity contribution in [2.75, 3.05) is 6.54 Å². The molecule has 0 heterocycles. The minimum atomic E-state index is -0.929. The summed E-state index contributed by atoms with van der Waals surface area (Å²) in [6.07, 6.45) is 1.08. The van der Waals surface area contributed by atoms with Crippen molar-refractivity contribution in [1.29, 1.82) is 0 Å². The molecule has 0 fully saturated rings. The van der Waals surface area contributed by atoms with E-state index in [0.717, 1.165) is 6.42 Å². The summed E-state index contributed by atoms with van der Waals surface area (Å²) in [4.78, 5) is 22.1. The first-order valence-electron chi connectivity index (χ1n) is 6.13. The van der Waals surface area contributed by atoms with Gasteiger partial charge in [0.05, 0.1) is 5.92 Å². The Morgan fingerprint density at radius 2 is 1.76 bits per heavy atom. The van der Waals surface area contributed by atoms with Gasteiger partial charge in [-0.2, -0.15) is 0 Å². The zero-order chi connectivity index (χ0) is 13.6. The number of nitrogens with one attached hydrogen (secondary N) is 1. The number of hydrogen-bond donors (Lipinski definition) is 2. The molecule has 0 saturated heterocycles. The normalized spacial score (nSPS) is 13.5. The highest BCUT2D eigenvalue weighted by Gasteiger charge is 2.21. The molecule has 0 aromatic rings. The molecule has 0 aromatic carbocycles. The maximum Gasteiger partial charge on any atom is 0.306 e. The molecular weight excluding hydrogens is 218 g/mol. The van der Waals surface area contributed by atoms with E-state index in [1.807, 2.05) is 0 Å². The summed E-state index contributed by atoms with van der Waals surface area (Å²) in [6, 6.07) is 0. The maximum atomic E-state index is 11.5. The van der Waals surface area contributed by atoms with Crippen LogP contribution in [0.15, 0.2) is 0 Å². The number of carbonyl (C=O) groups excluding carboxylic acids is 1. The van der Waals surface area contributed by atoms with Gasteiger partial charge in [0.2, 0.25) is 5.91 Å². The van der Waals surface area contributed by atoms with E-state index in [4.69, 9.17) is 5.11 Å². The third-order valence-corrected chi connectivity index (χ3v) is 2.64. The monoisotopic (exact) mass is 243 g/mol. The van der Waals surface area contributed by atoms with Crippen LogP contribution in [-0.4, -0.2) is 23.5 Å². The van der Waals surface area contributed by atoms with E-state index in [0.29, 0.717) is 12.5 Å². The zero-order valence-corrected chi connectivity index (χ0v) is 11.5. The third-order valence-electron chi connectivity index (χ3n) is 2.64. The number of carboxylic acids is 1. The molecule has 0 rings (SSSR count). The van der Waals surface area contributed by atoms with Crippen LogP contribution < -0.4 is 5.32 Å². The predicted molar refractivity (Wildman–Crippen MR) is 67.7 cm³/mol. The lowest BCUT2D eigenvalue weighted by Crippen LogP contribution is -2.36. The Hall–Kier alpha value is -1.06. The summed E-state index contributed by atoms with van der Waals surface area (Å²) < 4.78 is 0. The first-order chi connectivity index (χ1) is 7.64. The van der Waals surface area contributed by atoms with E-state index >= 15 is 0 Å². The molecule has 2 N–H and O–H groups in total. The Kier molecular flexibility index (Phi) is 6.21. The summed E-state index contributed by atoms with van der Waals surface area (Å²) in [5.74, 6) is -1.15. The van der Waals surface area contributed by atoms with Gasteiger partial charge in [-0.05, 0) is 17.8 Å². The van der Waals surface area contributed by atoms with E-state index in [-0.39, 0.29) is 17.7 Å². The van der Waals surface area contributed by atoms with Crippen LogP contribution in [0.1, 0.15) is 47.5 Å². The molecule has 0 radical (unpaired) electrons. The number of aliphatic carboxylic acids is 1. The van der Waals surface area contributed by atoms with Crippen LogP contribution in [-0.2, 0) is 9.59 Å². The number of rotatable bonds is 7.